The van der Waals surface area contributed by atoms with E-state index in [0.29, 0.717) is 22.7 Å². The molecule has 0 bridgehead atoms. The van der Waals surface area contributed by atoms with Gasteiger partial charge < -0.3 is 19.9 Å². The number of carbonyl (C=O) groups excluding carboxylic acids is 1. The van der Waals surface area contributed by atoms with Crippen LogP contribution in [-0.4, -0.2) is 40.5 Å². The van der Waals surface area contributed by atoms with Crippen LogP contribution in [0.25, 0.3) is 0 Å². The lowest BCUT2D eigenvalue weighted by Crippen LogP contribution is -2.35. The van der Waals surface area contributed by atoms with Gasteiger partial charge in [0.15, 0.2) is 23.6 Å². The molecule has 0 aliphatic heterocycles. The maximum atomic E-state index is 12.0. The first-order valence-corrected chi connectivity index (χ1v) is 7.57. The van der Waals surface area contributed by atoms with E-state index in [1.54, 1.807) is 6.07 Å². The van der Waals surface area contributed by atoms with Gasteiger partial charge in [0.2, 0.25) is 0 Å². The number of rotatable bonds is 7. The highest BCUT2D eigenvalue weighted by Gasteiger charge is 2.30. The maximum Gasteiger partial charge on any atom is 0.331 e. The Labute approximate surface area is 149 Å². The first-order valence-electron chi connectivity index (χ1n) is 7.57. The van der Waals surface area contributed by atoms with Crippen LogP contribution in [0.15, 0.2) is 30.6 Å². The monoisotopic (exact) mass is 358 g/mol. The summed E-state index contributed by atoms with van der Waals surface area (Å²) in [5.41, 5.74) is -0.484. The summed E-state index contributed by atoms with van der Waals surface area (Å²) in [4.78, 5) is 23.2. The summed E-state index contributed by atoms with van der Waals surface area (Å²) in [5.74, 6) is -0.837. The Morgan fingerprint density at radius 2 is 2.12 bits per heavy atom. The van der Waals surface area contributed by atoms with Gasteiger partial charge in [-0.25, -0.2) is 4.79 Å². The molecule has 0 spiro atoms. The number of carbonyl (C=O) groups is 2. The molecule has 1 amide bonds. The van der Waals surface area contributed by atoms with Gasteiger partial charge in [-0.15, -0.1) is 0 Å². The molecular weight excluding hydrogens is 340 g/mol. The maximum absolute atomic E-state index is 12.0. The van der Waals surface area contributed by atoms with Crippen LogP contribution in [-0.2, 0) is 15.1 Å². The van der Waals surface area contributed by atoms with E-state index < -0.39 is 17.4 Å². The van der Waals surface area contributed by atoms with Crippen LogP contribution in [0.4, 0.5) is 5.69 Å². The standard InChI is InChI=1S/C17H18N4O5/c1-17(2,16(23)24)21-9-12(8-19-21)20-15(22)10-26-13-5-4-11(7-18)6-14(13)25-3/h4-6,8-9H,10H2,1-3H3,(H,20,22)(H,23,24). The van der Waals surface area contributed by atoms with Gasteiger partial charge in [0, 0.05) is 12.3 Å². The second-order valence-corrected chi connectivity index (χ2v) is 5.85. The first kappa shape index (κ1) is 18.8. The second-order valence-electron chi connectivity index (χ2n) is 5.85. The lowest BCUT2D eigenvalue weighted by atomic mass is 10.1. The third kappa shape index (κ3) is 4.10. The Kier molecular flexibility index (Phi) is 5.47. The number of nitrogens with zero attached hydrogens (tertiary/aromatic N) is 3. The number of nitriles is 1. The molecule has 1 aromatic heterocycles. The number of nitrogens with one attached hydrogen (secondary N) is 1. The number of benzene rings is 1. The van der Waals surface area contributed by atoms with Gasteiger partial charge in [-0.1, -0.05) is 0 Å². The van der Waals surface area contributed by atoms with Crippen LogP contribution in [0, 0.1) is 11.3 Å². The zero-order valence-corrected chi connectivity index (χ0v) is 14.5. The second kappa shape index (κ2) is 7.57. The molecule has 2 N–H and O–H groups in total. The van der Waals surface area contributed by atoms with Crippen molar-refractivity contribution in [1.82, 2.24) is 9.78 Å². The van der Waals surface area contributed by atoms with E-state index >= 15 is 0 Å². The van der Waals surface area contributed by atoms with E-state index in [1.807, 2.05) is 6.07 Å². The van der Waals surface area contributed by atoms with Crippen LogP contribution in [0.1, 0.15) is 19.4 Å². The summed E-state index contributed by atoms with van der Waals surface area (Å²) >= 11 is 0. The SMILES string of the molecule is COc1cc(C#N)ccc1OCC(=O)Nc1cnn(C(C)(C)C(=O)O)c1. The van der Waals surface area contributed by atoms with Crippen LogP contribution in [0.3, 0.4) is 0 Å². The van der Waals surface area contributed by atoms with Crippen LogP contribution < -0.4 is 14.8 Å². The van der Waals surface area contributed by atoms with Gasteiger partial charge in [0.1, 0.15) is 0 Å². The molecular formula is C17H18N4O5. The molecule has 1 heterocycles. The van der Waals surface area contributed by atoms with Crippen molar-refractivity contribution in [2.75, 3.05) is 19.0 Å². The van der Waals surface area contributed by atoms with E-state index in [-0.39, 0.29) is 6.61 Å². The number of hydrogen-bond donors (Lipinski definition) is 2. The predicted octanol–water partition coefficient (Wildman–Crippen LogP) is 1.60. The Balaban J connectivity index is 1.99. The minimum Gasteiger partial charge on any atom is -0.493 e. The summed E-state index contributed by atoms with van der Waals surface area (Å²) in [7, 11) is 1.43. The topological polar surface area (TPSA) is 126 Å². The molecule has 2 rings (SSSR count). The average Bonchev–Trinajstić information content (AvgIpc) is 3.08. The van der Waals surface area contributed by atoms with Gasteiger partial charge in [-0.05, 0) is 26.0 Å². The normalized spacial score (nSPS) is 10.7. The number of aliphatic carboxylic acids is 1. The number of carboxylic acids is 1. The zero-order valence-electron chi connectivity index (χ0n) is 14.5. The fraction of sp³-hybridized carbons (Fsp3) is 0.294. The molecule has 0 radical (unpaired) electrons. The molecule has 0 unspecified atom stereocenters. The minimum atomic E-state index is -1.24. The van der Waals surface area contributed by atoms with Gasteiger partial charge in [-0.3, -0.25) is 9.48 Å². The minimum absolute atomic E-state index is 0.296. The fourth-order valence-electron chi connectivity index (χ4n) is 1.99. The van der Waals surface area contributed by atoms with Crippen molar-refractivity contribution >= 4 is 17.6 Å². The quantitative estimate of drug-likeness (QED) is 0.769. The van der Waals surface area contributed by atoms with Crippen molar-refractivity contribution in [3.8, 4) is 17.6 Å². The van der Waals surface area contributed by atoms with Gasteiger partial charge in [0.05, 0.1) is 30.6 Å². The summed E-state index contributed by atoms with van der Waals surface area (Å²) in [6.45, 7) is 2.69. The number of carboxylic acid groups (broad SMARTS) is 1. The molecule has 136 valence electrons. The lowest BCUT2D eigenvalue weighted by molar-refractivity contribution is -0.146. The van der Waals surface area contributed by atoms with Gasteiger partial charge in [-0.2, -0.15) is 10.4 Å². The number of hydrogen-bond acceptors (Lipinski definition) is 6. The highest BCUT2D eigenvalue weighted by atomic mass is 16.5. The molecule has 2 aromatic rings. The summed E-state index contributed by atoms with van der Waals surface area (Å²) < 4.78 is 11.8. The number of anilines is 1. The average molecular weight is 358 g/mol. The van der Waals surface area contributed by atoms with Crippen molar-refractivity contribution < 1.29 is 24.2 Å². The first-order chi connectivity index (χ1) is 12.3. The number of ether oxygens (including phenoxy) is 2. The molecule has 0 atom stereocenters. The predicted molar refractivity (Wildman–Crippen MR) is 91.0 cm³/mol. The molecule has 0 saturated carbocycles. The molecule has 1 aromatic carbocycles. The van der Waals surface area contributed by atoms with Crippen molar-refractivity contribution in [3.63, 3.8) is 0 Å². The van der Waals surface area contributed by atoms with Crippen molar-refractivity contribution in [2.45, 2.75) is 19.4 Å². The molecule has 0 aliphatic carbocycles. The Morgan fingerprint density at radius 3 is 2.73 bits per heavy atom. The lowest BCUT2D eigenvalue weighted by Gasteiger charge is -2.19. The summed E-state index contributed by atoms with van der Waals surface area (Å²) in [5, 5.41) is 24.6. The largest absolute Gasteiger partial charge is 0.493 e. The molecule has 0 fully saturated rings. The van der Waals surface area contributed by atoms with E-state index in [4.69, 9.17) is 14.7 Å². The summed E-state index contributed by atoms with van der Waals surface area (Å²) in [6.07, 6.45) is 2.78. The molecule has 9 heteroatoms. The van der Waals surface area contributed by atoms with Crippen LogP contribution in [0.5, 0.6) is 11.5 Å². The van der Waals surface area contributed by atoms with E-state index in [1.165, 1.54) is 50.2 Å². The number of amides is 1. The highest BCUT2D eigenvalue weighted by molar-refractivity contribution is 5.91. The highest BCUT2D eigenvalue weighted by Crippen LogP contribution is 2.27. The summed E-state index contributed by atoms with van der Waals surface area (Å²) in [6, 6.07) is 6.58. The Morgan fingerprint density at radius 1 is 1.38 bits per heavy atom. The van der Waals surface area contributed by atoms with Crippen molar-refractivity contribution in [2.24, 2.45) is 0 Å². The fourth-order valence-corrected chi connectivity index (χ4v) is 1.99. The third-order valence-electron chi connectivity index (χ3n) is 3.61. The molecule has 9 nitrogen and oxygen atoms in total. The van der Waals surface area contributed by atoms with E-state index in [9.17, 15) is 14.7 Å². The molecule has 0 saturated heterocycles. The number of methoxy groups -OCH3 is 1. The van der Waals surface area contributed by atoms with E-state index in [2.05, 4.69) is 10.4 Å². The zero-order chi connectivity index (χ0) is 19.3. The van der Waals surface area contributed by atoms with Crippen LogP contribution in [0.2, 0.25) is 0 Å². The smallest absolute Gasteiger partial charge is 0.331 e. The van der Waals surface area contributed by atoms with Crippen LogP contribution >= 0.6 is 0 Å². The Hall–Kier alpha value is -3.54. The Bertz CT molecular complexity index is 866. The van der Waals surface area contributed by atoms with E-state index in [0.717, 1.165) is 0 Å². The molecule has 0 aliphatic rings. The van der Waals surface area contributed by atoms with Gasteiger partial charge >= 0.3 is 5.97 Å². The van der Waals surface area contributed by atoms with Gasteiger partial charge in [0.25, 0.3) is 5.91 Å². The third-order valence-corrected chi connectivity index (χ3v) is 3.61. The number of aromatic nitrogens is 2. The van der Waals surface area contributed by atoms with Crippen molar-refractivity contribution in [3.05, 3.63) is 36.2 Å². The van der Waals surface area contributed by atoms with Crippen molar-refractivity contribution in [1.29, 1.82) is 5.26 Å². The molecule has 26 heavy (non-hydrogen) atoms.